The molecule has 1 atom stereocenters. The fraction of sp³-hybridized carbons (Fsp3) is 0.727. The standard InChI is InChI=1S/C11H18N2S/c1-8-7-13(11(14)12-8)9(2)10-5-3-4-6-10/h7,9-10H,3-6H2,1-2H3,(H,12,14). The Morgan fingerprint density at radius 2 is 2.14 bits per heavy atom. The zero-order valence-electron chi connectivity index (χ0n) is 8.92. The zero-order chi connectivity index (χ0) is 10.1. The van der Waals surface area contributed by atoms with E-state index in [-0.39, 0.29) is 0 Å². The Morgan fingerprint density at radius 1 is 1.50 bits per heavy atom. The van der Waals surface area contributed by atoms with Gasteiger partial charge in [0.05, 0.1) is 0 Å². The lowest BCUT2D eigenvalue weighted by Crippen LogP contribution is -2.13. The first-order valence-corrected chi connectivity index (χ1v) is 5.87. The van der Waals surface area contributed by atoms with Crippen LogP contribution in [0.25, 0.3) is 0 Å². The zero-order valence-corrected chi connectivity index (χ0v) is 9.73. The second-order valence-corrected chi connectivity index (χ2v) is 4.82. The summed E-state index contributed by atoms with van der Waals surface area (Å²) in [6.45, 7) is 4.35. The van der Waals surface area contributed by atoms with Gasteiger partial charge in [-0.2, -0.15) is 0 Å². The average Bonchev–Trinajstić information content (AvgIpc) is 2.73. The molecule has 1 saturated carbocycles. The number of aryl methyl sites for hydroxylation is 1. The highest BCUT2D eigenvalue weighted by Gasteiger charge is 2.22. The number of rotatable bonds is 2. The molecule has 0 spiro atoms. The van der Waals surface area contributed by atoms with E-state index >= 15 is 0 Å². The van der Waals surface area contributed by atoms with Crippen molar-refractivity contribution in [1.82, 2.24) is 9.55 Å². The molecule has 0 radical (unpaired) electrons. The van der Waals surface area contributed by atoms with Gasteiger partial charge in [-0.25, -0.2) is 0 Å². The minimum absolute atomic E-state index is 0.565. The molecular weight excluding hydrogens is 192 g/mol. The molecule has 78 valence electrons. The van der Waals surface area contributed by atoms with Crippen molar-refractivity contribution in [2.45, 2.75) is 45.6 Å². The Morgan fingerprint density at radius 3 is 2.64 bits per heavy atom. The fourth-order valence-corrected chi connectivity index (χ4v) is 2.88. The number of H-pyrrole nitrogens is 1. The maximum Gasteiger partial charge on any atom is 0.177 e. The van der Waals surface area contributed by atoms with Gasteiger partial charge in [-0.05, 0) is 44.8 Å². The van der Waals surface area contributed by atoms with E-state index in [4.69, 9.17) is 12.2 Å². The Balaban J connectivity index is 2.21. The van der Waals surface area contributed by atoms with Crippen molar-refractivity contribution in [2.75, 3.05) is 0 Å². The number of hydrogen-bond donors (Lipinski definition) is 1. The van der Waals surface area contributed by atoms with Gasteiger partial charge in [0.25, 0.3) is 0 Å². The Kier molecular flexibility index (Phi) is 2.77. The van der Waals surface area contributed by atoms with E-state index in [0.29, 0.717) is 6.04 Å². The van der Waals surface area contributed by atoms with Crippen molar-refractivity contribution in [3.8, 4) is 0 Å². The molecule has 1 N–H and O–H groups in total. The summed E-state index contributed by atoms with van der Waals surface area (Å²) in [6.07, 6.45) is 7.67. The topological polar surface area (TPSA) is 20.7 Å². The van der Waals surface area contributed by atoms with Crippen LogP contribution in [0.4, 0.5) is 0 Å². The van der Waals surface area contributed by atoms with Gasteiger partial charge in [-0.15, -0.1) is 0 Å². The molecule has 0 bridgehead atoms. The summed E-state index contributed by atoms with van der Waals surface area (Å²) in [6, 6.07) is 0.565. The number of imidazole rings is 1. The maximum absolute atomic E-state index is 5.29. The van der Waals surface area contributed by atoms with Crippen LogP contribution >= 0.6 is 12.2 Å². The van der Waals surface area contributed by atoms with Crippen LogP contribution in [0, 0.1) is 17.6 Å². The van der Waals surface area contributed by atoms with E-state index in [2.05, 4.69) is 29.6 Å². The highest BCUT2D eigenvalue weighted by atomic mass is 32.1. The molecule has 3 heteroatoms. The molecule has 0 aliphatic heterocycles. The second-order valence-electron chi connectivity index (χ2n) is 4.43. The van der Waals surface area contributed by atoms with Gasteiger partial charge in [0.1, 0.15) is 0 Å². The van der Waals surface area contributed by atoms with Crippen LogP contribution in [0.1, 0.15) is 44.3 Å². The van der Waals surface area contributed by atoms with Crippen molar-refractivity contribution in [2.24, 2.45) is 5.92 Å². The number of hydrogen-bond acceptors (Lipinski definition) is 1. The Bertz CT molecular complexity index is 358. The van der Waals surface area contributed by atoms with Crippen LogP contribution < -0.4 is 0 Å². The monoisotopic (exact) mass is 210 g/mol. The van der Waals surface area contributed by atoms with E-state index in [1.807, 2.05) is 0 Å². The van der Waals surface area contributed by atoms with Crippen LogP contribution in [-0.4, -0.2) is 9.55 Å². The fourth-order valence-electron chi connectivity index (χ4n) is 2.50. The second kappa shape index (κ2) is 3.89. The van der Waals surface area contributed by atoms with Crippen molar-refractivity contribution in [3.05, 3.63) is 16.7 Å². The van der Waals surface area contributed by atoms with Gasteiger partial charge < -0.3 is 9.55 Å². The van der Waals surface area contributed by atoms with E-state index in [9.17, 15) is 0 Å². The highest BCUT2D eigenvalue weighted by molar-refractivity contribution is 7.71. The summed E-state index contributed by atoms with van der Waals surface area (Å²) >= 11 is 5.29. The van der Waals surface area contributed by atoms with E-state index in [0.717, 1.165) is 10.7 Å². The summed E-state index contributed by atoms with van der Waals surface area (Å²) in [5.74, 6) is 0.830. The number of aromatic nitrogens is 2. The molecular formula is C11H18N2S. The first-order valence-electron chi connectivity index (χ1n) is 5.46. The molecule has 0 saturated heterocycles. The molecule has 1 aliphatic rings. The predicted octanol–water partition coefficient (Wildman–Crippen LogP) is 3.61. The van der Waals surface area contributed by atoms with Gasteiger partial charge in [-0.3, -0.25) is 0 Å². The molecule has 0 amide bonds. The normalized spacial score (nSPS) is 20.1. The molecule has 0 aromatic carbocycles. The van der Waals surface area contributed by atoms with Crippen molar-refractivity contribution in [3.63, 3.8) is 0 Å². The Labute approximate surface area is 90.3 Å². The summed E-state index contributed by atoms with van der Waals surface area (Å²) in [7, 11) is 0. The summed E-state index contributed by atoms with van der Waals surface area (Å²) in [4.78, 5) is 3.19. The number of nitrogens with zero attached hydrogens (tertiary/aromatic N) is 1. The smallest absolute Gasteiger partial charge is 0.177 e. The van der Waals surface area contributed by atoms with Crippen molar-refractivity contribution in [1.29, 1.82) is 0 Å². The van der Waals surface area contributed by atoms with E-state index < -0.39 is 0 Å². The Hall–Kier alpha value is -0.570. The van der Waals surface area contributed by atoms with E-state index in [1.54, 1.807) is 0 Å². The molecule has 1 unspecified atom stereocenters. The molecule has 2 nitrogen and oxygen atoms in total. The lowest BCUT2D eigenvalue weighted by molar-refractivity contribution is 0.357. The molecule has 1 heterocycles. The van der Waals surface area contributed by atoms with Crippen LogP contribution in [0.2, 0.25) is 0 Å². The molecule has 1 aromatic heterocycles. The molecule has 14 heavy (non-hydrogen) atoms. The largest absolute Gasteiger partial charge is 0.335 e. The van der Waals surface area contributed by atoms with Crippen LogP contribution in [0.15, 0.2) is 6.20 Å². The van der Waals surface area contributed by atoms with Gasteiger partial charge in [0, 0.05) is 17.9 Å². The third-order valence-corrected chi connectivity index (χ3v) is 3.71. The summed E-state index contributed by atoms with van der Waals surface area (Å²) in [5.41, 5.74) is 1.17. The van der Waals surface area contributed by atoms with Crippen LogP contribution in [0.3, 0.4) is 0 Å². The maximum atomic E-state index is 5.29. The first kappa shape index (κ1) is 9.97. The quantitative estimate of drug-likeness (QED) is 0.740. The van der Waals surface area contributed by atoms with Crippen LogP contribution in [-0.2, 0) is 0 Å². The van der Waals surface area contributed by atoms with Gasteiger partial charge >= 0.3 is 0 Å². The van der Waals surface area contributed by atoms with Gasteiger partial charge in [-0.1, -0.05) is 12.8 Å². The number of nitrogens with one attached hydrogen (secondary N) is 1. The van der Waals surface area contributed by atoms with E-state index in [1.165, 1.54) is 31.4 Å². The first-order chi connectivity index (χ1) is 6.68. The molecule has 1 aliphatic carbocycles. The highest BCUT2D eigenvalue weighted by Crippen LogP contribution is 2.34. The van der Waals surface area contributed by atoms with Gasteiger partial charge in [0.15, 0.2) is 4.77 Å². The molecule has 1 fully saturated rings. The van der Waals surface area contributed by atoms with Crippen LogP contribution in [0.5, 0.6) is 0 Å². The summed E-state index contributed by atoms with van der Waals surface area (Å²) in [5, 5.41) is 0. The minimum atomic E-state index is 0.565. The lowest BCUT2D eigenvalue weighted by Gasteiger charge is -2.20. The lowest BCUT2D eigenvalue weighted by atomic mass is 10.00. The minimum Gasteiger partial charge on any atom is -0.335 e. The predicted molar refractivity (Wildman–Crippen MR) is 61.0 cm³/mol. The number of aromatic amines is 1. The van der Waals surface area contributed by atoms with Gasteiger partial charge in [0.2, 0.25) is 0 Å². The average molecular weight is 210 g/mol. The third kappa shape index (κ3) is 1.78. The van der Waals surface area contributed by atoms with Crippen molar-refractivity contribution < 1.29 is 0 Å². The van der Waals surface area contributed by atoms with Crippen molar-refractivity contribution >= 4 is 12.2 Å². The molecule has 2 rings (SSSR count). The molecule has 1 aromatic rings. The SMILES string of the molecule is Cc1cn(C(C)C2CCCC2)c(=S)[nH]1. The third-order valence-electron chi connectivity index (χ3n) is 3.39. The summed E-state index contributed by atoms with van der Waals surface area (Å²) < 4.78 is 3.10.